The fraction of sp³-hybridized carbons (Fsp3) is 0.130. The van der Waals surface area contributed by atoms with Gasteiger partial charge in [-0.3, -0.25) is 4.79 Å². The van der Waals surface area contributed by atoms with Crippen LogP contribution in [0.5, 0.6) is 0 Å². The van der Waals surface area contributed by atoms with Crippen LogP contribution in [0.4, 0.5) is 0 Å². The molecule has 0 saturated heterocycles. The minimum atomic E-state index is -0.0584. The van der Waals surface area contributed by atoms with E-state index in [1.54, 1.807) is 0 Å². The number of fused-ring (bicyclic) bond motifs is 1. The van der Waals surface area contributed by atoms with Crippen molar-refractivity contribution in [3.63, 3.8) is 0 Å². The number of rotatable bonds is 5. The maximum atomic E-state index is 12.3. The monoisotopic (exact) mass is 355 g/mol. The summed E-state index contributed by atoms with van der Waals surface area (Å²) >= 11 is 0. The molecule has 1 heterocycles. The molecule has 0 aliphatic rings. The zero-order valence-corrected chi connectivity index (χ0v) is 15.2. The standard InChI is InChI=1S/C23H21N3O/c1-17-11-13-18(14-12-17)22-25-20-9-5-6-10-21(20)26(22)16-15-24-23(27)19-7-3-2-4-8-19/h2-14H,15-16H2,1H3,(H,24,27). The lowest BCUT2D eigenvalue weighted by Crippen LogP contribution is -2.27. The van der Waals surface area contributed by atoms with Crippen LogP contribution in [-0.4, -0.2) is 22.0 Å². The second kappa shape index (κ2) is 7.46. The zero-order chi connectivity index (χ0) is 18.6. The van der Waals surface area contributed by atoms with Crippen molar-refractivity contribution >= 4 is 16.9 Å². The van der Waals surface area contributed by atoms with Crippen LogP contribution in [-0.2, 0) is 6.54 Å². The Morgan fingerprint density at radius 1 is 0.926 bits per heavy atom. The summed E-state index contributed by atoms with van der Waals surface area (Å²) in [7, 11) is 0. The van der Waals surface area contributed by atoms with E-state index in [1.165, 1.54) is 5.56 Å². The SMILES string of the molecule is Cc1ccc(-c2nc3ccccc3n2CCNC(=O)c2ccccc2)cc1. The third-order valence-corrected chi connectivity index (χ3v) is 4.62. The Morgan fingerprint density at radius 3 is 2.41 bits per heavy atom. The highest BCUT2D eigenvalue weighted by molar-refractivity contribution is 5.94. The van der Waals surface area contributed by atoms with Gasteiger partial charge in [-0.05, 0) is 31.2 Å². The van der Waals surface area contributed by atoms with E-state index in [0.29, 0.717) is 18.7 Å². The number of aromatic nitrogens is 2. The van der Waals surface area contributed by atoms with Gasteiger partial charge < -0.3 is 9.88 Å². The van der Waals surface area contributed by atoms with Crippen molar-refractivity contribution in [2.24, 2.45) is 0 Å². The fourth-order valence-electron chi connectivity index (χ4n) is 3.20. The average molecular weight is 355 g/mol. The number of benzene rings is 3. The maximum absolute atomic E-state index is 12.3. The first-order chi connectivity index (χ1) is 13.2. The largest absolute Gasteiger partial charge is 0.350 e. The molecule has 1 amide bonds. The number of imidazole rings is 1. The van der Waals surface area contributed by atoms with Crippen LogP contribution in [0.3, 0.4) is 0 Å². The smallest absolute Gasteiger partial charge is 0.251 e. The van der Waals surface area contributed by atoms with Crippen molar-refractivity contribution in [2.45, 2.75) is 13.5 Å². The van der Waals surface area contributed by atoms with Gasteiger partial charge in [-0.2, -0.15) is 0 Å². The van der Waals surface area contributed by atoms with Gasteiger partial charge in [0.2, 0.25) is 0 Å². The number of para-hydroxylation sites is 2. The van der Waals surface area contributed by atoms with Crippen LogP contribution in [0.25, 0.3) is 22.4 Å². The van der Waals surface area contributed by atoms with Gasteiger partial charge in [-0.25, -0.2) is 4.98 Å². The molecule has 3 aromatic carbocycles. The number of carbonyl (C=O) groups excluding carboxylic acids is 1. The third-order valence-electron chi connectivity index (χ3n) is 4.62. The number of aryl methyl sites for hydroxylation is 1. The van der Waals surface area contributed by atoms with E-state index in [-0.39, 0.29) is 5.91 Å². The molecule has 4 aromatic rings. The second-order valence-corrected chi connectivity index (χ2v) is 6.56. The van der Waals surface area contributed by atoms with E-state index < -0.39 is 0 Å². The van der Waals surface area contributed by atoms with Gasteiger partial charge in [-0.15, -0.1) is 0 Å². The topological polar surface area (TPSA) is 46.9 Å². The van der Waals surface area contributed by atoms with E-state index in [2.05, 4.69) is 47.1 Å². The number of nitrogens with zero attached hydrogens (tertiary/aromatic N) is 2. The van der Waals surface area contributed by atoms with Crippen LogP contribution >= 0.6 is 0 Å². The molecule has 0 unspecified atom stereocenters. The van der Waals surface area contributed by atoms with Crippen molar-refractivity contribution in [1.29, 1.82) is 0 Å². The molecule has 0 aliphatic heterocycles. The molecule has 0 fully saturated rings. The predicted molar refractivity (Wildman–Crippen MR) is 109 cm³/mol. The molecule has 134 valence electrons. The Labute approximate surface area is 158 Å². The van der Waals surface area contributed by atoms with Gasteiger partial charge >= 0.3 is 0 Å². The van der Waals surface area contributed by atoms with Crippen molar-refractivity contribution in [2.75, 3.05) is 6.54 Å². The van der Waals surface area contributed by atoms with E-state index in [1.807, 2.05) is 48.5 Å². The Morgan fingerprint density at radius 2 is 1.63 bits per heavy atom. The lowest BCUT2D eigenvalue weighted by molar-refractivity contribution is 0.0952. The molecule has 0 saturated carbocycles. The Hall–Kier alpha value is -3.40. The van der Waals surface area contributed by atoms with Crippen LogP contribution in [0, 0.1) is 6.92 Å². The zero-order valence-electron chi connectivity index (χ0n) is 15.2. The normalized spacial score (nSPS) is 10.9. The minimum absolute atomic E-state index is 0.0584. The Kier molecular flexibility index (Phi) is 4.71. The molecule has 0 bridgehead atoms. The van der Waals surface area contributed by atoms with Gasteiger partial charge in [0.05, 0.1) is 11.0 Å². The van der Waals surface area contributed by atoms with Gasteiger partial charge in [0.15, 0.2) is 0 Å². The molecule has 0 spiro atoms. The number of amides is 1. The van der Waals surface area contributed by atoms with E-state index >= 15 is 0 Å². The van der Waals surface area contributed by atoms with E-state index in [0.717, 1.165) is 22.4 Å². The molecule has 27 heavy (non-hydrogen) atoms. The number of hydrogen-bond donors (Lipinski definition) is 1. The van der Waals surface area contributed by atoms with Crippen molar-refractivity contribution in [1.82, 2.24) is 14.9 Å². The quantitative estimate of drug-likeness (QED) is 0.575. The first kappa shape index (κ1) is 17.0. The average Bonchev–Trinajstić information content (AvgIpc) is 3.08. The Bertz CT molecular complexity index is 1070. The summed E-state index contributed by atoms with van der Waals surface area (Å²) in [6.45, 7) is 3.26. The van der Waals surface area contributed by atoms with Gasteiger partial charge in [0.25, 0.3) is 5.91 Å². The van der Waals surface area contributed by atoms with Crippen LogP contribution < -0.4 is 5.32 Å². The second-order valence-electron chi connectivity index (χ2n) is 6.56. The van der Waals surface area contributed by atoms with Crippen LogP contribution in [0.1, 0.15) is 15.9 Å². The molecule has 4 rings (SSSR count). The predicted octanol–water partition coefficient (Wildman–Crippen LogP) is 4.44. The Balaban J connectivity index is 1.59. The summed E-state index contributed by atoms with van der Waals surface area (Å²) in [5, 5.41) is 3.00. The lowest BCUT2D eigenvalue weighted by Gasteiger charge is -2.11. The summed E-state index contributed by atoms with van der Waals surface area (Å²) < 4.78 is 2.17. The summed E-state index contributed by atoms with van der Waals surface area (Å²) in [4.78, 5) is 17.1. The molecule has 0 radical (unpaired) electrons. The molecular weight excluding hydrogens is 334 g/mol. The van der Waals surface area contributed by atoms with Crippen LogP contribution in [0.15, 0.2) is 78.9 Å². The first-order valence-corrected chi connectivity index (χ1v) is 9.08. The van der Waals surface area contributed by atoms with E-state index in [9.17, 15) is 4.79 Å². The van der Waals surface area contributed by atoms with Gasteiger partial charge in [-0.1, -0.05) is 60.2 Å². The lowest BCUT2D eigenvalue weighted by atomic mass is 10.1. The highest BCUT2D eigenvalue weighted by Gasteiger charge is 2.12. The highest BCUT2D eigenvalue weighted by Crippen LogP contribution is 2.25. The minimum Gasteiger partial charge on any atom is -0.350 e. The molecule has 1 N–H and O–H groups in total. The molecule has 4 nitrogen and oxygen atoms in total. The number of nitrogens with one attached hydrogen (secondary N) is 1. The van der Waals surface area contributed by atoms with Crippen molar-refractivity contribution in [3.05, 3.63) is 90.0 Å². The summed E-state index contributed by atoms with van der Waals surface area (Å²) in [6.07, 6.45) is 0. The first-order valence-electron chi connectivity index (χ1n) is 9.08. The number of carbonyl (C=O) groups is 1. The molecule has 4 heteroatoms. The van der Waals surface area contributed by atoms with Crippen LogP contribution in [0.2, 0.25) is 0 Å². The summed E-state index contributed by atoms with van der Waals surface area (Å²) in [5.74, 6) is 0.863. The summed E-state index contributed by atoms with van der Waals surface area (Å²) in [5.41, 5.74) is 5.00. The fourth-order valence-corrected chi connectivity index (χ4v) is 3.20. The molecule has 0 atom stereocenters. The number of hydrogen-bond acceptors (Lipinski definition) is 2. The van der Waals surface area contributed by atoms with Gasteiger partial charge in [0, 0.05) is 24.2 Å². The molecule has 1 aromatic heterocycles. The highest BCUT2D eigenvalue weighted by atomic mass is 16.1. The third kappa shape index (κ3) is 3.60. The molecular formula is C23H21N3O. The maximum Gasteiger partial charge on any atom is 0.251 e. The van der Waals surface area contributed by atoms with Crippen molar-refractivity contribution in [3.8, 4) is 11.4 Å². The molecule has 0 aliphatic carbocycles. The summed E-state index contributed by atoms with van der Waals surface area (Å²) in [6, 6.07) is 25.8. The van der Waals surface area contributed by atoms with Gasteiger partial charge in [0.1, 0.15) is 5.82 Å². The van der Waals surface area contributed by atoms with Crippen molar-refractivity contribution < 1.29 is 4.79 Å². The van der Waals surface area contributed by atoms with E-state index in [4.69, 9.17) is 4.98 Å².